The Kier molecular flexibility index (Phi) is 6.06. The highest BCUT2D eigenvalue weighted by Crippen LogP contribution is 2.22. The fourth-order valence-corrected chi connectivity index (χ4v) is 2.77. The van der Waals surface area contributed by atoms with Crippen molar-refractivity contribution in [1.82, 2.24) is 15.2 Å². The van der Waals surface area contributed by atoms with Crippen LogP contribution in [0, 0.1) is 19.7 Å². The molecule has 0 aliphatic heterocycles. The fourth-order valence-electron chi connectivity index (χ4n) is 2.58. The normalized spacial score (nSPS) is 11.0. The van der Waals surface area contributed by atoms with Gasteiger partial charge in [-0.15, -0.1) is 0 Å². The molecular weight excluding hydrogens is 383 g/mol. The van der Waals surface area contributed by atoms with Gasteiger partial charge in [-0.3, -0.25) is 4.79 Å². The summed E-state index contributed by atoms with van der Waals surface area (Å²) in [7, 11) is 0. The number of rotatable bonds is 6. The summed E-state index contributed by atoms with van der Waals surface area (Å²) in [5.74, 6) is -0.304. The predicted molar refractivity (Wildman–Crippen MR) is 106 cm³/mol. The van der Waals surface area contributed by atoms with Crippen LogP contribution in [-0.4, -0.2) is 28.5 Å². The number of hydrazone groups is 1. The van der Waals surface area contributed by atoms with Crippen LogP contribution in [0.1, 0.15) is 17.0 Å². The number of hydrogen-bond acceptors (Lipinski definition) is 4. The van der Waals surface area contributed by atoms with Crippen LogP contribution in [0.25, 0.3) is 5.69 Å². The third kappa shape index (κ3) is 4.55. The monoisotopic (exact) mass is 400 g/mol. The summed E-state index contributed by atoms with van der Waals surface area (Å²) >= 11 is 5.97. The summed E-state index contributed by atoms with van der Waals surface area (Å²) in [6.07, 6.45) is 1.52. The van der Waals surface area contributed by atoms with E-state index in [0.29, 0.717) is 10.8 Å². The van der Waals surface area contributed by atoms with Crippen molar-refractivity contribution in [2.75, 3.05) is 6.61 Å². The van der Waals surface area contributed by atoms with Gasteiger partial charge in [-0.25, -0.2) is 14.5 Å². The molecule has 144 valence electrons. The number of halogens is 2. The van der Waals surface area contributed by atoms with E-state index >= 15 is 0 Å². The van der Waals surface area contributed by atoms with Crippen LogP contribution in [0.2, 0.25) is 5.02 Å². The van der Waals surface area contributed by atoms with Crippen molar-refractivity contribution in [3.8, 4) is 11.4 Å². The van der Waals surface area contributed by atoms with Crippen molar-refractivity contribution in [2.45, 2.75) is 13.8 Å². The lowest BCUT2D eigenvalue weighted by Crippen LogP contribution is -2.24. The summed E-state index contributed by atoms with van der Waals surface area (Å²) in [6, 6.07) is 12.9. The highest BCUT2D eigenvalue weighted by Gasteiger charge is 2.11. The van der Waals surface area contributed by atoms with E-state index in [9.17, 15) is 9.18 Å². The number of nitrogens with zero attached hydrogens (tertiary/aromatic N) is 3. The van der Waals surface area contributed by atoms with Gasteiger partial charge in [0.25, 0.3) is 5.91 Å². The van der Waals surface area contributed by atoms with E-state index in [-0.39, 0.29) is 12.4 Å². The molecule has 1 heterocycles. The average molecular weight is 401 g/mol. The minimum absolute atomic E-state index is 0.214. The molecule has 1 aromatic heterocycles. The number of aryl methyl sites for hydroxylation is 1. The summed E-state index contributed by atoms with van der Waals surface area (Å²) in [6.45, 7) is 3.48. The Hall–Kier alpha value is -3.19. The van der Waals surface area contributed by atoms with E-state index in [1.807, 2.05) is 13.8 Å². The van der Waals surface area contributed by atoms with Crippen molar-refractivity contribution in [3.05, 3.63) is 76.3 Å². The first-order valence-corrected chi connectivity index (χ1v) is 8.85. The Morgan fingerprint density at radius 2 is 1.96 bits per heavy atom. The quantitative estimate of drug-likeness (QED) is 0.505. The van der Waals surface area contributed by atoms with E-state index < -0.39 is 5.91 Å². The van der Waals surface area contributed by atoms with Gasteiger partial charge in [-0.1, -0.05) is 23.7 Å². The minimum atomic E-state index is -0.419. The lowest BCUT2D eigenvalue weighted by molar-refractivity contribution is -0.123. The van der Waals surface area contributed by atoms with Crippen molar-refractivity contribution < 1.29 is 13.9 Å². The number of nitrogens with one attached hydrogen (secondary N) is 1. The third-order valence-electron chi connectivity index (χ3n) is 4.00. The molecule has 0 spiro atoms. The van der Waals surface area contributed by atoms with Gasteiger partial charge < -0.3 is 4.74 Å². The molecular formula is C20H18ClFN4O2. The number of ether oxygens (including phenoxy) is 1. The van der Waals surface area contributed by atoms with Crippen molar-refractivity contribution >= 4 is 23.7 Å². The Morgan fingerprint density at radius 3 is 2.68 bits per heavy atom. The minimum Gasteiger partial charge on any atom is -0.482 e. The summed E-state index contributed by atoms with van der Waals surface area (Å²) in [5.41, 5.74) is 5.45. The van der Waals surface area contributed by atoms with Crippen LogP contribution in [0.5, 0.6) is 5.75 Å². The van der Waals surface area contributed by atoms with Crippen LogP contribution < -0.4 is 10.2 Å². The highest BCUT2D eigenvalue weighted by molar-refractivity contribution is 6.32. The van der Waals surface area contributed by atoms with Crippen LogP contribution in [-0.2, 0) is 4.79 Å². The number of hydrogen-bond donors (Lipinski definition) is 1. The zero-order valence-electron chi connectivity index (χ0n) is 15.3. The fraction of sp³-hybridized carbons (Fsp3) is 0.150. The van der Waals surface area contributed by atoms with Crippen molar-refractivity contribution in [2.24, 2.45) is 5.10 Å². The molecule has 0 saturated heterocycles. The average Bonchev–Trinajstić information content (AvgIpc) is 2.96. The first-order chi connectivity index (χ1) is 13.5. The smallest absolute Gasteiger partial charge is 0.277 e. The molecule has 0 saturated carbocycles. The maximum atomic E-state index is 13.1. The third-order valence-corrected chi connectivity index (χ3v) is 4.31. The Morgan fingerprint density at radius 1 is 1.25 bits per heavy atom. The second kappa shape index (κ2) is 8.67. The predicted octanol–water partition coefficient (Wildman–Crippen LogP) is 3.81. The molecule has 0 aliphatic rings. The highest BCUT2D eigenvalue weighted by atomic mass is 35.5. The Balaban J connectivity index is 1.63. The molecule has 6 nitrogen and oxygen atoms in total. The molecule has 1 N–H and O–H groups in total. The van der Waals surface area contributed by atoms with Gasteiger partial charge in [0.1, 0.15) is 11.6 Å². The first kappa shape index (κ1) is 19.6. The molecule has 0 aliphatic carbocycles. The summed E-state index contributed by atoms with van der Waals surface area (Å²) < 4.78 is 20.2. The van der Waals surface area contributed by atoms with E-state index in [4.69, 9.17) is 16.3 Å². The first-order valence-electron chi connectivity index (χ1n) is 8.47. The zero-order valence-corrected chi connectivity index (χ0v) is 16.1. The van der Waals surface area contributed by atoms with E-state index in [1.165, 1.54) is 18.3 Å². The second-order valence-corrected chi connectivity index (χ2v) is 6.39. The molecule has 0 fully saturated rings. The van der Waals surface area contributed by atoms with Gasteiger partial charge in [0, 0.05) is 5.56 Å². The molecule has 0 atom stereocenters. The zero-order chi connectivity index (χ0) is 20.1. The van der Waals surface area contributed by atoms with Crippen molar-refractivity contribution in [1.29, 1.82) is 0 Å². The number of benzene rings is 2. The SMILES string of the molecule is Cc1nn(-c2ccc(F)cc2)c(C)c1/C=N\NC(=O)COc1ccccc1Cl. The lowest BCUT2D eigenvalue weighted by atomic mass is 10.2. The molecule has 3 aromatic rings. The molecule has 28 heavy (non-hydrogen) atoms. The molecule has 3 rings (SSSR count). The molecule has 0 unspecified atom stereocenters. The van der Waals surface area contributed by atoms with E-state index in [2.05, 4.69) is 15.6 Å². The second-order valence-electron chi connectivity index (χ2n) is 5.98. The van der Waals surface area contributed by atoms with Crippen LogP contribution in [0.15, 0.2) is 53.6 Å². The topological polar surface area (TPSA) is 68.5 Å². The number of carbonyl (C=O) groups is 1. The summed E-state index contributed by atoms with van der Waals surface area (Å²) in [5, 5.41) is 8.84. The van der Waals surface area contributed by atoms with Gasteiger partial charge in [-0.05, 0) is 50.2 Å². The van der Waals surface area contributed by atoms with E-state index in [1.54, 1.807) is 41.1 Å². The van der Waals surface area contributed by atoms with E-state index in [0.717, 1.165) is 22.6 Å². The maximum absolute atomic E-state index is 13.1. The van der Waals surface area contributed by atoms with Gasteiger partial charge >= 0.3 is 0 Å². The Bertz CT molecular complexity index is 1020. The van der Waals surface area contributed by atoms with Gasteiger partial charge in [0.05, 0.1) is 28.3 Å². The van der Waals surface area contributed by atoms with Crippen LogP contribution in [0.3, 0.4) is 0 Å². The summed E-state index contributed by atoms with van der Waals surface area (Å²) in [4.78, 5) is 11.9. The molecule has 2 aromatic carbocycles. The number of carbonyl (C=O) groups excluding carboxylic acids is 1. The molecule has 0 bridgehead atoms. The van der Waals surface area contributed by atoms with Gasteiger partial charge in [-0.2, -0.15) is 10.2 Å². The van der Waals surface area contributed by atoms with Crippen LogP contribution in [0.4, 0.5) is 4.39 Å². The standard InChI is InChI=1S/C20H18ClFN4O2/c1-13-17(14(2)26(25-13)16-9-7-15(22)8-10-16)11-23-24-20(27)12-28-19-6-4-3-5-18(19)21/h3-11H,12H2,1-2H3,(H,24,27)/b23-11-. The van der Waals surface area contributed by atoms with Gasteiger partial charge in [0.2, 0.25) is 0 Å². The Labute approximate surface area is 166 Å². The maximum Gasteiger partial charge on any atom is 0.277 e. The molecule has 0 radical (unpaired) electrons. The van der Waals surface area contributed by atoms with Gasteiger partial charge in [0.15, 0.2) is 6.61 Å². The molecule has 1 amide bonds. The number of para-hydroxylation sites is 1. The lowest BCUT2D eigenvalue weighted by Gasteiger charge is -2.06. The molecule has 8 heteroatoms. The number of aromatic nitrogens is 2. The largest absolute Gasteiger partial charge is 0.482 e. The number of amides is 1. The van der Waals surface area contributed by atoms with Crippen LogP contribution >= 0.6 is 11.6 Å². The van der Waals surface area contributed by atoms with Crippen molar-refractivity contribution in [3.63, 3.8) is 0 Å².